The topological polar surface area (TPSA) is 58.4 Å². The van der Waals surface area contributed by atoms with E-state index < -0.39 is 0 Å². The normalized spacial score (nSPS) is 10.8. The van der Waals surface area contributed by atoms with E-state index >= 15 is 0 Å². The number of benzene rings is 3. The first-order chi connectivity index (χ1) is 16.2. The van der Waals surface area contributed by atoms with E-state index in [4.69, 9.17) is 14.2 Å². The molecule has 0 atom stereocenters. The predicted octanol–water partition coefficient (Wildman–Crippen LogP) is 5.82. The molecule has 0 radical (unpaired) electrons. The Morgan fingerprint density at radius 1 is 0.848 bits per heavy atom. The fourth-order valence-electron chi connectivity index (χ4n) is 3.39. The molecule has 0 amide bonds. The van der Waals surface area contributed by atoms with Gasteiger partial charge in [0.2, 0.25) is 0 Å². The van der Waals surface area contributed by atoms with Gasteiger partial charge in [-0.05, 0) is 68.4 Å². The molecule has 0 fully saturated rings. The lowest BCUT2D eigenvalue weighted by atomic mass is 10.1. The third kappa shape index (κ3) is 5.68. The maximum atomic E-state index is 5.89. The van der Waals surface area contributed by atoms with Crippen molar-refractivity contribution in [2.75, 3.05) is 26.1 Å². The van der Waals surface area contributed by atoms with Crippen LogP contribution in [0.1, 0.15) is 12.5 Å². The van der Waals surface area contributed by atoms with Crippen LogP contribution in [-0.2, 0) is 0 Å². The largest absolute Gasteiger partial charge is 0.497 e. The quantitative estimate of drug-likeness (QED) is 0.219. The van der Waals surface area contributed by atoms with Gasteiger partial charge in [-0.15, -0.1) is 10.2 Å². The summed E-state index contributed by atoms with van der Waals surface area (Å²) in [5.74, 6) is 4.00. The van der Waals surface area contributed by atoms with E-state index in [1.54, 1.807) is 18.9 Å². The lowest BCUT2D eigenvalue weighted by molar-refractivity contribution is 0.332. The number of nitrogens with zero attached hydrogens (tertiary/aromatic N) is 3. The summed E-state index contributed by atoms with van der Waals surface area (Å²) in [4.78, 5) is 0. The summed E-state index contributed by atoms with van der Waals surface area (Å²) in [6.45, 7) is 5.24. The van der Waals surface area contributed by atoms with E-state index in [1.165, 1.54) is 5.56 Å². The van der Waals surface area contributed by atoms with E-state index in [9.17, 15) is 0 Å². The Labute approximate surface area is 198 Å². The molecule has 0 aliphatic rings. The zero-order valence-electron chi connectivity index (χ0n) is 19.0. The molecule has 0 bridgehead atoms. The van der Waals surface area contributed by atoms with Gasteiger partial charge in [0, 0.05) is 17.0 Å². The minimum absolute atomic E-state index is 0.550. The highest BCUT2D eigenvalue weighted by Gasteiger charge is 2.16. The first kappa shape index (κ1) is 22.7. The number of ether oxygens (including phenoxy) is 3. The summed E-state index contributed by atoms with van der Waals surface area (Å²) in [5, 5.41) is 9.82. The van der Waals surface area contributed by atoms with Crippen molar-refractivity contribution in [2.24, 2.45) is 0 Å². The fourth-order valence-corrected chi connectivity index (χ4v) is 4.16. The molecule has 170 valence electrons. The third-order valence-electron chi connectivity index (χ3n) is 4.96. The molecule has 4 aromatic rings. The molecule has 0 saturated carbocycles. The summed E-state index contributed by atoms with van der Waals surface area (Å²) in [5.41, 5.74) is 3.18. The first-order valence-electron chi connectivity index (χ1n) is 10.8. The first-order valence-corrected chi connectivity index (χ1v) is 11.8. The van der Waals surface area contributed by atoms with Crippen LogP contribution in [0, 0.1) is 6.92 Å². The SMILES string of the molecule is CCOc1ccc(OCCSc2nnc(-c3cccc(C)c3)n2-c2ccc(OC)cc2)cc1. The predicted molar refractivity (Wildman–Crippen MR) is 132 cm³/mol. The summed E-state index contributed by atoms with van der Waals surface area (Å²) >= 11 is 1.61. The fraction of sp³-hybridized carbons (Fsp3) is 0.231. The number of rotatable bonds is 10. The Balaban J connectivity index is 1.51. The van der Waals surface area contributed by atoms with Gasteiger partial charge in [-0.25, -0.2) is 0 Å². The van der Waals surface area contributed by atoms with Crippen molar-refractivity contribution in [1.82, 2.24) is 14.8 Å². The van der Waals surface area contributed by atoms with Gasteiger partial charge in [0.1, 0.15) is 17.2 Å². The van der Waals surface area contributed by atoms with E-state index in [2.05, 4.69) is 39.9 Å². The zero-order chi connectivity index (χ0) is 23.0. The summed E-state index contributed by atoms with van der Waals surface area (Å²) in [7, 11) is 1.66. The van der Waals surface area contributed by atoms with Gasteiger partial charge in [-0.1, -0.05) is 35.5 Å². The molecule has 3 aromatic carbocycles. The van der Waals surface area contributed by atoms with Gasteiger partial charge in [0.15, 0.2) is 11.0 Å². The Bertz CT molecular complexity index is 1170. The van der Waals surface area contributed by atoms with Crippen molar-refractivity contribution >= 4 is 11.8 Å². The number of aromatic nitrogens is 3. The maximum absolute atomic E-state index is 5.89. The van der Waals surface area contributed by atoms with Crippen LogP contribution in [0.25, 0.3) is 17.1 Å². The molecule has 4 rings (SSSR count). The second-order valence-corrected chi connectivity index (χ2v) is 8.37. The molecule has 0 N–H and O–H groups in total. The maximum Gasteiger partial charge on any atom is 0.196 e. The van der Waals surface area contributed by atoms with Crippen LogP contribution in [-0.4, -0.2) is 40.8 Å². The van der Waals surface area contributed by atoms with Crippen molar-refractivity contribution in [2.45, 2.75) is 19.0 Å². The van der Waals surface area contributed by atoms with E-state index in [-0.39, 0.29) is 0 Å². The molecule has 1 aromatic heterocycles. The van der Waals surface area contributed by atoms with Crippen molar-refractivity contribution in [1.29, 1.82) is 0 Å². The highest BCUT2D eigenvalue weighted by molar-refractivity contribution is 7.99. The molecular weight excluding hydrogens is 434 g/mol. The van der Waals surface area contributed by atoms with Crippen LogP contribution in [0.4, 0.5) is 0 Å². The van der Waals surface area contributed by atoms with Gasteiger partial charge in [-0.3, -0.25) is 4.57 Å². The van der Waals surface area contributed by atoms with Gasteiger partial charge < -0.3 is 14.2 Å². The Morgan fingerprint density at radius 3 is 2.21 bits per heavy atom. The smallest absolute Gasteiger partial charge is 0.196 e. The minimum atomic E-state index is 0.550. The van der Waals surface area contributed by atoms with Crippen LogP contribution >= 0.6 is 11.8 Å². The lowest BCUT2D eigenvalue weighted by Crippen LogP contribution is -2.03. The Kier molecular flexibility index (Phi) is 7.52. The molecule has 1 heterocycles. The van der Waals surface area contributed by atoms with Crippen LogP contribution in [0.3, 0.4) is 0 Å². The van der Waals surface area contributed by atoms with Crippen LogP contribution in [0.15, 0.2) is 78.0 Å². The standard InChI is InChI=1S/C26H27N3O3S/c1-4-31-23-12-14-24(15-13-23)32-16-17-33-26-28-27-25(20-7-5-6-19(2)18-20)29(26)21-8-10-22(30-3)11-9-21/h5-15,18H,4,16-17H2,1-3H3. The average molecular weight is 462 g/mol. The molecule has 0 saturated heterocycles. The van der Waals surface area contributed by atoms with E-state index in [0.717, 1.165) is 45.2 Å². The summed E-state index contributed by atoms with van der Waals surface area (Å²) in [6, 6.07) is 23.9. The zero-order valence-corrected chi connectivity index (χ0v) is 19.8. The number of aryl methyl sites for hydroxylation is 1. The highest BCUT2D eigenvalue weighted by atomic mass is 32.2. The summed E-state index contributed by atoms with van der Waals surface area (Å²) < 4.78 is 18.8. The monoisotopic (exact) mass is 461 g/mol. The Hall–Kier alpha value is -3.45. The van der Waals surface area contributed by atoms with E-state index in [0.29, 0.717) is 13.2 Å². The highest BCUT2D eigenvalue weighted by Crippen LogP contribution is 2.29. The lowest BCUT2D eigenvalue weighted by Gasteiger charge is -2.12. The van der Waals surface area contributed by atoms with Crippen molar-refractivity contribution in [3.63, 3.8) is 0 Å². The van der Waals surface area contributed by atoms with Crippen LogP contribution in [0.5, 0.6) is 17.2 Å². The average Bonchev–Trinajstić information content (AvgIpc) is 3.27. The molecule has 0 unspecified atom stereocenters. The second-order valence-electron chi connectivity index (χ2n) is 7.31. The second kappa shape index (κ2) is 10.9. The molecule has 0 spiro atoms. The number of methoxy groups -OCH3 is 1. The molecule has 33 heavy (non-hydrogen) atoms. The molecule has 0 aliphatic carbocycles. The molecule has 6 nitrogen and oxygen atoms in total. The van der Waals surface area contributed by atoms with Gasteiger partial charge in [-0.2, -0.15) is 0 Å². The Morgan fingerprint density at radius 2 is 1.55 bits per heavy atom. The number of hydrogen-bond donors (Lipinski definition) is 0. The van der Waals surface area contributed by atoms with Crippen LogP contribution in [0.2, 0.25) is 0 Å². The van der Waals surface area contributed by atoms with Gasteiger partial charge in [0.05, 0.1) is 20.3 Å². The molecule has 0 aliphatic heterocycles. The number of thioether (sulfide) groups is 1. The van der Waals surface area contributed by atoms with Crippen LogP contribution < -0.4 is 14.2 Å². The molecule has 7 heteroatoms. The van der Waals surface area contributed by atoms with Crippen molar-refractivity contribution < 1.29 is 14.2 Å². The summed E-state index contributed by atoms with van der Waals surface area (Å²) in [6.07, 6.45) is 0. The van der Waals surface area contributed by atoms with Gasteiger partial charge in [0.25, 0.3) is 0 Å². The number of hydrogen-bond acceptors (Lipinski definition) is 6. The van der Waals surface area contributed by atoms with Crippen molar-refractivity contribution in [3.8, 4) is 34.3 Å². The van der Waals surface area contributed by atoms with Crippen molar-refractivity contribution in [3.05, 3.63) is 78.4 Å². The molecular formula is C26H27N3O3S. The van der Waals surface area contributed by atoms with Gasteiger partial charge >= 0.3 is 0 Å². The minimum Gasteiger partial charge on any atom is -0.497 e. The third-order valence-corrected chi connectivity index (χ3v) is 5.85. The van der Waals surface area contributed by atoms with E-state index in [1.807, 2.05) is 61.5 Å².